The highest BCUT2D eigenvalue weighted by Crippen LogP contribution is 2.23. The average Bonchev–Trinajstić information content (AvgIpc) is 3.39. The monoisotopic (exact) mass is 330 g/mol. The van der Waals surface area contributed by atoms with Gasteiger partial charge in [-0.1, -0.05) is 30.3 Å². The van der Waals surface area contributed by atoms with Crippen molar-refractivity contribution in [1.82, 2.24) is 15.1 Å². The highest BCUT2D eigenvalue weighted by molar-refractivity contribution is 5.82. The molecule has 3 N–H and O–H groups in total. The van der Waals surface area contributed by atoms with Crippen LogP contribution in [-0.2, 0) is 9.59 Å². The maximum Gasteiger partial charge on any atom is 0.239 e. The third kappa shape index (κ3) is 3.94. The Bertz CT molecular complexity index is 580. The Morgan fingerprint density at radius 3 is 2.21 bits per heavy atom. The number of amides is 2. The summed E-state index contributed by atoms with van der Waals surface area (Å²) in [6.07, 6.45) is 2.20. The number of hydrogen-bond acceptors (Lipinski definition) is 4. The summed E-state index contributed by atoms with van der Waals surface area (Å²) in [5.74, 6) is -0.213. The number of nitrogens with two attached hydrogens (primary N) is 1. The van der Waals surface area contributed by atoms with E-state index in [2.05, 4.69) is 15.1 Å². The van der Waals surface area contributed by atoms with E-state index < -0.39 is 6.04 Å². The van der Waals surface area contributed by atoms with Gasteiger partial charge in [0, 0.05) is 32.2 Å². The van der Waals surface area contributed by atoms with Gasteiger partial charge in [-0.25, -0.2) is 0 Å². The quantitative estimate of drug-likeness (QED) is 0.796. The summed E-state index contributed by atoms with van der Waals surface area (Å²) in [4.78, 5) is 28.4. The van der Waals surface area contributed by atoms with E-state index in [9.17, 15) is 9.59 Å². The normalized spacial score (nSPS) is 21.9. The van der Waals surface area contributed by atoms with Crippen molar-refractivity contribution in [1.29, 1.82) is 0 Å². The molecule has 24 heavy (non-hydrogen) atoms. The summed E-state index contributed by atoms with van der Waals surface area (Å²) in [6, 6.07) is 9.51. The standard InChI is InChI=1S/C18H26N4O2/c1-13(18(24)20-15-7-8-15)21-9-11-22(12-10-21)16(17(19)23)14-5-3-2-4-6-14/h2-6,13,15-16H,7-12H2,1H3,(H2,19,23)(H,20,24)/t13-,16+/m0/s1. The molecule has 6 heteroatoms. The van der Waals surface area contributed by atoms with Crippen molar-refractivity contribution in [2.45, 2.75) is 37.9 Å². The van der Waals surface area contributed by atoms with Crippen molar-refractivity contribution in [3.63, 3.8) is 0 Å². The first kappa shape index (κ1) is 16.9. The molecule has 2 fully saturated rings. The molecular formula is C18H26N4O2. The first-order valence-electron chi connectivity index (χ1n) is 8.69. The van der Waals surface area contributed by atoms with E-state index in [1.54, 1.807) is 0 Å². The summed E-state index contributed by atoms with van der Waals surface area (Å²) in [5, 5.41) is 3.06. The molecule has 3 rings (SSSR count). The second kappa shape index (κ2) is 7.32. The number of hydrogen-bond donors (Lipinski definition) is 2. The summed E-state index contributed by atoms with van der Waals surface area (Å²) in [6.45, 7) is 4.93. The van der Waals surface area contributed by atoms with Crippen molar-refractivity contribution in [2.24, 2.45) is 5.73 Å². The Balaban J connectivity index is 1.58. The zero-order valence-corrected chi connectivity index (χ0v) is 14.1. The van der Waals surface area contributed by atoms with E-state index in [4.69, 9.17) is 5.73 Å². The topological polar surface area (TPSA) is 78.7 Å². The zero-order chi connectivity index (χ0) is 17.1. The maximum absolute atomic E-state index is 12.2. The average molecular weight is 330 g/mol. The van der Waals surface area contributed by atoms with Crippen LogP contribution < -0.4 is 11.1 Å². The molecule has 1 saturated heterocycles. The molecule has 0 bridgehead atoms. The summed E-state index contributed by atoms with van der Waals surface area (Å²) >= 11 is 0. The van der Waals surface area contributed by atoms with Crippen LogP contribution in [0, 0.1) is 0 Å². The van der Waals surface area contributed by atoms with Gasteiger partial charge < -0.3 is 11.1 Å². The molecule has 1 aromatic carbocycles. The van der Waals surface area contributed by atoms with Crippen LogP contribution in [0.2, 0.25) is 0 Å². The van der Waals surface area contributed by atoms with Gasteiger partial charge in [0.25, 0.3) is 0 Å². The third-order valence-electron chi connectivity index (χ3n) is 4.95. The molecule has 6 nitrogen and oxygen atoms in total. The zero-order valence-electron chi connectivity index (χ0n) is 14.1. The molecule has 0 radical (unpaired) electrons. The highest BCUT2D eigenvalue weighted by Gasteiger charge is 2.33. The first-order chi connectivity index (χ1) is 11.6. The van der Waals surface area contributed by atoms with E-state index in [0.717, 1.165) is 44.6 Å². The lowest BCUT2D eigenvalue weighted by Crippen LogP contribution is -2.55. The van der Waals surface area contributed by atoms with E-state index in [-0.39, 0.29) is 17.9 Å². The van der Waals surface area contributed by atoms with Crippen LogP contribution in [0.15, 0.2) is 30.3 Å². The molecule has 2 atom stereocenters. The van der Waals surface area contributed by atoms with Crippen molar-refractivity contribution < 1.29 is 9.59 Å². The van der Waals surface area contributed by atoms with E-state index in [1.165, 1.54) is 0 Å². The van der Waals surface area contributed by atoms with Crippen molar-refractivity contribution >= 4 is 11.8 Å². The van der Waals surface area contributed by atoms with Crippen LogP contribution in [0.25, 0.3) is 0 Å². The number of benzene rings is 1. The number of nitrogens with one attached hydrogen (secondary N) is 1. The number of primary amides is 1. The van der Waals surface area contributed by atoms with Crippen LogP contribution >= 0.6 is 0 Å². The second-order valence-corrected chi connectivity index (χ2v) is 6.75. The number of carbonyl (C=O) groups is 2. The van der Waals surface area contributed by atoms with E-state index in [0.29, 0.717) is 6.04 Å². The fourth-order valence-electron chi connectivity index (χ4n) is 3.29. The lowest BCUT2D eigenvalue weighted by atomic mass is 10.0. The molecule has 1 aliphatic carbocycles. The number of rotatable bonds is 6. The molecule has 2 aliphatic rings. The Labute approximate surface area is 143 Å². The molecule has 0 aromatic heterocycles. The lowest BCUT2D eigenvalue weighted by molar-refractivity contribution is -0.129. The van der Waals surface area contributed by atoms with Crippen LogP contribution in [0.5, 0.6) is 0 Å². The minimum atomic E-state index is -0.399. The van der Waals surface area contributed by atoms with Crippen molar-refractivity contribution in [2.75, 3.05) is 26.2 Å². The van der Waals surface area contributed by atoms with Gasteiger partial charge in [0.2, 0.25) is 11.8 Å². The predicted octanol–water partition coefficient (Wildman–Crippen LogP) is 0.498. The molecule has 0 unspecified atom stereocenters. The van der Waals surface area contributed by atoms with Gasteiger partial charge in [-0.05, 0) is 25.3 Å². The third-order valence-corrected chi connectivity index (χ3v) is 4.95. The number of piperazine rings is 1. The van der Waals surface area contributed by atoms with Gasteiger partial charge in [-0.15, -0.1) is 0 Å². The predicted molar refractivity (Wildman–Crippen MR) is 92.2 cm³/mol. The molecule has 1 heterocycles. The summed E-state index contributed by atoms with van der Waals surface area (Å²) in [5.41, 5.74) is 6.57. The van der Waals surface area contributed by atoms with Gasteiger partial charge in [0.15, 0.2) is 0 Å². The summed E-state index contributed by atoms with van der Waals surface area (Å²) in [7, 11) is 0. The molecular weight excluding hydrogens is 304 g/mol. The fourth-order valence-corrected chi connectivity index (χ4v) is 3.29. The van der Waals surface area contributed by atoms with E-state index in [1.807, 2.05) is 37.3 Å². The Hall–Kier alpha value is -1.92. The van der Waals surface area contributed by atoms with Gasteiger partial charge in [0.05, 0.1) is 6.04 Å². The number of carbonyl (C=O) groups excluding carboxylic acids is 2. The SMILES string of the molecule is C[C@@H](C(=O)NC1CC1)N1CCN([C@@H](C(N)=O)c2ccccc2)CC1. The molecule has 1 aliphatic heterocycles. The van der Waals surface area contributed by atoms with Gasteiger partial charge in [0.1, 0.15) is 6.04 Å². The van der Waals surface area contributed by atoms with Gasteiger partial charge >= 0.3 is 0 Å². The van der Waals surface area contributed by atoms with Gasteiger partial charge in [-0.3, -0.25) is 19.4 Å². The molecule has 2 amide bonds. The van der Waals surface area contributed by atoms with Crippen LogP contribution in [-0.4, -0.2) is 59.9 Å². The molecule has 130 valence electrons. The minimum Gasteiger partial charge on any atom is -0.368 e. The summed E-state index contributed by atoms with van der Waals surface area (Å²) < 4.78 is 0. The first-order valence-corrected chi connectivity index (χ1v) is 8.69. The van der Waals surface area contributed by atoms with Crippen molar-refractivity contribution in [3.05, 3.63) is 35.9 Å². The lowest BCUT2D eigenvalue weighted by Gasteiger charge is -2.40. The highest BCUT2D eigenvalue weighted by atomic mass is 16.2. The number of nitrogens with zero attached hydrogens (tertiary/aromatic N) is 2. The second-order valence-electron chi connectivity index (χ2n) is 6.75. The van der Waals surface area contributed by atoms with Gasteiger partial charge in [-0.2, -0.15) is 0 Å². The van der Waals surface area contributed by atoms with Crippen LogP contribution in [0.3, 0.4) is 0 Å². The minimum absolute atomic E-state index is 0.112. The molecule has 0 spiro atoms. The largest absolute Gasteiger partial charge is 0.368 e. The molecule has 1 saturated carbocycles. The van der Waals surface area contributed by atoms with Crippen LogP contribution in [0.1, 0.15) is 31.4 Å². The Morgan fingerprint density at radius 1 is 1.08 bits per heavy atom. The van der Waals surface area contributed by atoms with Crippen molar-refractivity contribution in [3.8, 4) is 0 Å². The molecule has 1 aromatic rings. The fraction of sp³-hybridized carbons (Fsp3) is 0.556. The Kier molecular flexibility index (Phi) is 5.16. The Morgan fingerprint density at radius 2 is 1.67 bits per heavy atom. The van der Waals surface area contributed by atoms with Crippen LogP contribution in [0.4, 0.5) is 0 Å². The smallest absolute Gasteiger partial charge is 0.239 e. The maximum atomic E-state index is 12.2. The van der Waals surface area contributed by atoms with E-state index >= 15 is 0 Å².